The fraction of sp³-hybridized carbons (Fsp3) is 0.150. The van der Waals surface area contributed by atoms with E-state index in [0.717, 1.165) is 22.5 Å². The van der Waals surface area contributed by atoms with Gasteiger partial charge in [0, 0.05) is 30.8 Å². The minimum Gasteiger partial charge on any atom is -0.359 e. The Hall–Kier alpha value is -3.61. The zero-order valence-corrected chi connectivity index (χ0v) is 15.2. The average molecular weight is 363 g/mol. The van der Waals surface area contributed by atoms with Gasteiger partial charge < -0.3 is 16.0 Å². The summed E-state index contributed by atoms with van der Waals surface area (Å²) < 4.78 is 1.76. The van der Waals surface area contributed by atoms with E-state index in [1.54, 1.807) is 30.1 Å². The highest BCUT2D eigenvalue weighted by Gasteiger charge is 2.07. The summed E-state index contributed by atoms with van der Waals surface area (Å²) in [6, 6.07) is 14.4. The molecule has 7 heteroatoms. The number of carbonyl (C=O) groups excluding carboxylic acids is 2. The van der Waals surface area contributed by atoms with E-state index >= 15 is 0 Å². The summed E-state index contributed by atoms with van der Waals surface area (Å²) in [5.41, 5.74) is 4.11. The van der Waals surface area contributed by atoms with Gasteiger partial charge in [0.1, 0.15) is 0 Å². The summed E-state index contributed by atoms with van der Waals surface area (Å²) in [7, 11) is 1.60. The van der Waals surface area contributed by atoms with Gasteiger partial charge in [-0.05, 0) is 54.4 Å². The van der Waals surface area contributed by atoms with Crippen LogP contribution in [0.1, 0.15) is 11.1 Å². The van der Waals surface area contributed by atoms with Crippen molar-refractivity contribution < 1.29 is 9.59 Å². The van der Waals surface area contributed by atoms with E-state index in [-0.39, 0.29) is 11.9 Å². The minimum absolute atomic E-state index is 0.0533. The van der Waals surface area contributed by atoms with E-state index in [2.05, 4.69) is 21.0 Å². The molecule has 3 rings (SSSR count). The van der Waals surface area contributed by atoms with E-state index in [9.17, 15) is 9.59 Å². The van der Waals surface area contributed by atoms with Crippen LogP contribution in [0.25, 0.3) is 5.69 Å². The number of benzene rings is 2. The molecule has 3 aromatic rings. The molecule has 0 aliphatic heterocycles. The van der Waals surface area contributed by atoms with Crippen LogP contribution in [-0.4, -0.2) is 28.8 Å². The van der Waals surface area contributed by atoms with Crippen LogP contribution >= 0.6 is 0 Å². The lowest BCUT2D eigenvalue weighted by Crippen LogP contribution is -2.21. The van der Waals surface area contributed by atoms with E-state index in [1.165, 1.54) is 0 Å². The maximum Gasteiger partial charge on any atom is 0.323 e. The smallest absolute Gasteiger partial charge is 0.323 e. The second-order valence-corrected chi connectivity index (χ2v) is 6.08. The van der Waals surface area contributed by atoms with Crippen molar-refractivity contribution in [3.05, 3.63) is 72.1 Å². The van der Waals surface area contributed by atoms with Crippen LogP contribution < -0.4 is 16.0 Å². The SMILES string of the molecule is CNC(=O)Cc1ccc(NC(=O)Nc2ccc(-n3cccn3)cc2C)cc1. The molecule has 1 aromatic heterocycles. The van der Waals surface area contributed by atoms with Crippen molar-refractivity contribution >= 4 is 23.3 Å². The molecule has 0 spiro atoms. The van der Waals surface area contributed by atoms with Gasteiger partial charge in [0.2, 0.25) is 5.91 Å². The predicted octanol–water partition coefficient (Wildman–Crippen LogP) is 3.11. The van der Waals surface area contributed by atoms with Gasteiger partial charge in [-0.15, -0.1) is 0 Å². The van der Waals surface area contributed by atoms with Gasteiger partial charge >= 0.3 is 6.03 Å². The second-order valence-electron chi connectivity index (χ2n) is 6.08. The quantitative estimate of drug-likeness (QED) is 0.651. The molecular weight excluding hydrogens is 342 g/mol. The number of rotatable bonds is 5. The molecule has 0 atom stereocenters. The van der Waals surface area contributed by atoms with E-state index < -0.39 is 0 Å². The molecule has 0 aliphatic carbocycles. The highest BCUT2D eigenvalue weighted by molar-refractivity contribution is 6.00. The first kappa shape index (κ1) is 18.2. The van der Waals surface area contributed by atoms with E-state index in [0.29, 0.717) is 12.1 Å². The first-order valence-electron chi connectivity index (χ1n) is 8.53. The Morgan fingerprint density at radius 1 is 1.07 bits per heavy atom. The number of carbonyl (C=O) groups is 2. The number of urea groups is 1. The lowest BCUT2D eigenvalue weighted by molar-refractivity contribution is -0.119. The number of likely N-dealkylation sites (N-methyl/N-ethyl adjacent to an activating group) is 1. The first-order chi connectivity index (χ1) is 13.0. The van der Waals surface area contributed by atoms with Gasteiger partial charge in [0.15, 0.2) is 0 Å². The molecule has 0 saturated carbocycles. The Morgan fingerprint density at radius 2 is 1.85 bits per heavy atom. The fourth-order valence-electron chi connectivity index (χ4n) is 2.62. The lowest BCUT2D eigenvalue weighted by Gasteiger charge is -2.12. The van der Waals surface area contributed by atoms with Gasteiger partial charge in [0.05, 0.1) is 12.1 Å². The number of aryl methyl sites for hydroxylation is 1. The lowest BCUT2D eigenvalue weighted by atomic mass is 10.1. The zero-order valence-electron chi connectivity index (χ0n) is 15.2. The predicted molar refractivity (Wildman–Crippen MR) is 105 cm³/mol. The van der Waals surface area contributed by atoms with Crippen LogP contribution in [-0.2, 0) is 11.2 Å². The largest absolute Gasteiger partial charge is 0.359 e. The molecule has 3 amide bonds. The number of aromatic nitrogens is 2. The Labute approximate surface area is 157 Å². The summed E-state index contributed by atoms with van der Waals surface area (Å²) in [6.45, 7) is 1.93. The summed E-state index contributed by atoms with van der Waals surface area (Å²) in [5.74, 6) is -0.0533. The molecule has 138 valence electrons. The molecule has 2 aromatic carbocycles. The van der Waals surface area contributed by atoms with Crippen molar-refractivity contribution in [3.8, 4) is 5.69 Å². The van der Waals surface area contributed by atoms with Crippen LogP contribution in [0.3, 0.4) is 0 Å². The second kappa shape index (κ2) is 8.18. The molecule has 3 N–H and O–H groups in total. The maximum absolute atomic E-state index is 12.3. The highest BCUT2D eigenvalue weighted by Crippen LogP contribution is 2.19. The van der Waals surface area contributed by atoms with Crippen LogP contribution in [0, 0.1) is 6.92 Å². The molecule has 0 unspecified atom stereocenters. The topological polar surface area (TPSA) is 88.0 Å². The average Bonchev–Trinajstić information content (AvgIpc) is 3.19. The van der Waals surface area contributed by atoms with Crippen molar-refractivity contribution in [3.63, 3.8) is 0 Å². The molecule has 27 heavy (non-hydrogen) atoms. The number of hydrogen-bond acceptors (Lipinski definition) is 3. The standard InChI is InChI=1S/C20H21N5O2/c1-14-12-17(25-11-3-10-22-25)8-9-18(14)24-20(27)23-16-6-4-15(5-7-16)13-19(26)21-2/h3-12H,13H2,1-2H3,(H,21,26)(H2,23,24,27). The summed E-state index contributed by atoms with van der Waals surface area (Å²) in [5, 5.41) is 12.4. The van der Waals surface area contributed by atoms with Crippen LogP contribution in [0.5, 0.6) is 0 Å². The minimum atomic E-state index is -0.330. The Kier molecular flexibility index (Phi) is 5.51. The normalized spacial score (nSPS) is 10.3. The van der Waals surface area contributed by atoms with E-state index in [4.69, 9.17) is 0 Å². The molecule has 7 nitrogen and oxygen atoms in total. The fourth-order valence-corrected chi connectivity index (χ4v) is 2.62. The summed E-state index contributed by atoms with van der Waals surface area (Å²) in [4.78, 5) is 23.6. The number of nitrogens with one attached hydrogen (secondary N) is 3. The maximum atomic E-state index is 12.3. The molecule has 0 radical (unpaired) electrons. The highest BCUT2D eigenvalue weighted by atomic mass is 16.2. The molecule has 0 saturated heterocycles. The molecule has 0 bridgehead atoms. The first-order valence-corrected chi connectivity index (χ1v) is 8.53. The van der Waals surface area contributed by atoms with Crippen LogP contribution in [0.2, 0.25) is 0 Å². The molecule has 0 aliphatic rings. The van der Waals surface area contributed by atoms with Crippen molar-refractivity contribution in [1.29, 1.82) is 0 Å². The number of anilines is 2. The molecular formula is C20H21N5O2. The molecule has 0 fully saturated rings. The van der Waals surface area contributed by atoms with Crippen molar-refractivity contribution in [2.24, 2.45) is 0 Å². The Morgan fingerprint density at radius 3 is 2.48 bits per heavy atom. The number of nitrogens with zero attached hydrogens (tertiary/aromatic N) is 2. The van der Waals surface area contributed by atoms with Gasteiger partial charge in [0.25, 0.3) is 0 Å². The Bertz CT molecular complexity index is 934. The van der Waals surface area contributed by atoms with Crippen LogP contribution in [0.4, 0.5) is 16.2 Å². The van der Waals surface area contributed by atoms with Gasteiger partial charge in [-0.25, -0.2) is 9.48 Å². The van der Waals surface area contributed by atoms with E-state index in [1.807, 2.05) is 49.5 Å². The third-order valence-corrected chi connectivity index (χ3v) is 4.08. The van der Waals surface area contributed by atoms with Crippen molar-refractivity contribution in [1.82, 2.24) is 15.1 Å². The number of hydrogen-bond donors (Lipinski definition) is 3. The zero-order chi connectivity index (χ0) is 19.2. The third-order valence-electron chi connectivity index (χ3n) is 4.08. The van der Waals surface area contributed by atoms with Crippen LogP contribution in [0.15, 0.2) is 60.9 Å². The summed E-state index contributed by atoms with van der Waals surface area (Å²) in [6.07, 6.45) is 3.89. The third kappa shape index (κ3) is 4.72. The summed E-state index contributed by atoms with van der Waals surface area (Å²) >= 11 is 0. The van der Waals surface area contributed by atoms with Gasteiger partial charge in [-0.2, -0.15) is 5.10 Å². The van der Waals surface area contributed by atoms with Gasteiger partial charge in [-0.1, -0.05) is 12.1 Å². The van der Waals surface area contributed by atoms with Gasteiger partial charge in [-0.3, -0.25) is 4.79 Å². The van der Waals surface area contributed by atoms with Crippen molar-refractivity contribution in [2.75, 3.05) is 17.7 Å². The van der Waals surface area contributed by atoms with Crippen molar-refractivity contribution in [2.45, 2.75) is 13.3 Å². The molecule has 1 heterocycles. The Balaban J connectivity index is 1.61. The number of amides is 3. The monoisotopic (exact) mass is 363 g/mol.